The molecule has 15 heavy (non-hydrogen) atoms. The van der Waals surface area contributed by atoms with E-state index >= 15 is 0 Å². The summed E-state index contributed by atoms with van der Waals surface area (Å²) in [7, 11) is 0. The largest absolute Gasteiger partial charge is 0.508 e. The van der Waals surface area contributed by atoms with Gasteiger partial charge in [-0.2, -0.15) is 0 Å². The van der Waals surface area contributed by atoms with Crippen LogP contribution in [0.3, 0.4) is 0 Å². The quantitative estimate of drug-likeness (QED) is 0.781. The lowest BCUT2D eigenvalue weighted by atomic mass is 10.1. The molecule has 1 fully saturated rings. The van der Waals surface area contributed by atoms with Gasteiger partial charge in [-0.25, -0.2) is 0 Å². The summed E-state index contributed by atoms with van der Waals surface area (Å²) in [4.78, 5) is 0. The molecule has 2 rings (SSSR count). The molecule has 0 aromatic heterocycles. The van der Waals surface area contributed by atoms with Crippen molar-refractivity contribution in [2.24, 2.45) is 0 Å². The molecule has 2 atom stereocenters. The lowest BCUT2D eigenvalue weighted by Gasteiger charge is -2.17. The van der Waals surface area contributed by atoms with Gasteiger partial charge < -0.3 is 15.2 Å². The van der Waals surface area contributed by atoms with Crippen molar-refractivity contribution in [3.8, 4) is 5.75 Å². The molecule has 82 valence electrons. The third kappa shape index (κ3) is 2.23. The van der Waals surface area contributed by atoms with Gasteiger partial charge in [0.05, 0.1) is 12.1 Å². The summed E-state index contributed by atoms with van der Waals surface area (Å²) in [5, 5.41) is 12.9. The van der Waals surface area contributed by atoms with Crippen LogP contribution >= 0.6 is 0 Å². The summed E-state index contributed by atoms with van der Waals surface area (Å²) < 4.78 is 5.47. The van der Waals surface area contributed by atoms with Crippen molar-refractivity contribution in [1.29, 1.82) is 0 Å². The highest BCUT2D eigenvalue weighted by Gasteiger charge is 2.23. The number of aromatic hydroxyl groups is 1. The van der Waals surface area contributed by atoms with E-state index in [-0.39, 0.29) is 6.10 Å². The number of phenols is 1. The Labute approximate surface area is 90.1 Å². The number of nitrogens with one attached hydrogen (secondary N) is 1. The molecule has 2 N–H and O–H groups in total. The van der Waals surface area contributed by atoms with Crippen LogP contribution in [0.1, 0.15) is 18.9 Å². The van der Waals surface area contributed by atoms with E-state index in [1.165, 1.54) is 0 Å². The second kappa shape index (κ2) is 4.11. The van der Waals surface area contributed by atoms with Crippen molar-refractivity contribution >= 4 is 5.69 Å². The molecule has 1 aromatic carbocycles. The van der Waals surface area contributed by atoms with Crippen molar-refractivity contribution in [3.05, 3.63) is 23.8 Å². The summed E-state index contributed by atoms with van der Waals surface area (Å²) >= 11 is 0. The number of hydrogen-bond donors (Lipinski definition) is 2. The minimum absolute atomic E-state index is 0.244. The molecule has 1 heterocycles. The number of aryl methyl sites for hydroxylation is 1. The highest BCUT2D eigenvalue weighted by molar-refractivity contribution is 5.51. The minimum atomic E-state index is 0.244. The maximum atomic E-state index is 9.57. The van der Waals surface area contributed by atoms with E-state index in [4.69, 9.17) is 4.74 Å². The second-order valence-electron chi connectivity index (χ2n) is 4.12. The van der Waals surface area contributed by atoms with Crippen LogP contribution in [0.25, 0.3) is 0 Å². The molecule has 0 saturated carbocycles. The van der Waals surface area contributed by atoms with Crippen LogP contribution in [0, 0.1) is 6.92 Å². The average Bonchev–Trinajstić information content (AvgIpc) is 2.59. The molecular weight excluding hydrogens is 190 g/mol. The molecule has 1 aliphatic rings. The smallest absolute Gasteiger partial charge is 0.120 e. The highest BCUT2D eigenvalue weighted by Crippen LogP contribution is 2.24. The van der Waals surface area contributed by atoms with Crippen molar-refractivity contribution in [2.75, 3.05) is 11.9 Å². The van der Waals surface area contributed by atoms with Crippen LogP contribution in [0.5, 0.6) is 5.75 Å². The normalized spacial score (nSPS) is 25.5. The number of anilines is 1. The van der Waals surface area contributed by atoms with E-state index < -0.39 is 0 Å². The highest BCUT2D eigenvalue weighted by atomic mass is 16.5. The van der Waals surface area contributed by atoms with Crippen molar-refractivity contribution in [3.63, 3.8) is 0 Å². The number of benzene rings is 1. The molecule has 2 unspecified atom stereocenters. The fraction of sp³-hybridized carbons (Fsp3) is 0.500. The molecule has 0 amide bonds. The molecule has 1 aromatic rings. The van der Waals surface area contributed by atoms with Gasteiger partial charge in [0.15, 0.2) is 0 Å². The van der Waals surface area contributed by atoms with Gasteiger partial charge in [0, 0.05) is 18.4 Å². The monoisotopic (exact) mass is 207 g/mol. The van der Waals surface area contributed by atoms with E-state index in [1.807, 2.05) is 19.1 Å². The van der Waals surface area contributed by atoms with Crippen LogP contribution in [-0.2, 0) is 4.74 Å². The first-order valence-electron chi connectivity index (χ1n) is 5.34. The Hall–Kier alpha value is -1.22. The van der Waals surface area contributed by atoms with E-state index in [2.05, 4.69) is 12.2 Å². The van der Waals surface area contributed by atoms with Crippen LogP contribution in [0.4, 0.5) is 5.69 Å². The predicted molar refractivity (Wildman–Crippen MR) is 60.3 cm³/mol. The zero-order chi connectivity index (χ0) is 10.8. The van der Waals surface area contributed by atoms with E-state index in [9.17, 15) is 5.11 Å². The maximum absolute atomic E-state index is 9.57. The maximum Gasteiger partial charge on any atom is 0.120 e. The number of rotatable bonds is 2. The molecule has 0 bridgehead atoms. The third-order valence-corrected chi connectivity index (χ3v) is 2.94. The first kappa shape index (κ1) is 10.3. The first-order valence-corrected chi connectivity index (χ1v) is 5.34. The van der Waals surface area contributed by atoms with Gasteiger partial charge in [-0.1, -0.05) is 6.07 Å². The molecule has 3 heteroatoms. The zero-order valence-corrected chi connectivity index (χ0v) is 9.16. The van der Waals surface area contributed by atoms with E-state index in [1.54, 1.807) is 6.07 Å². The lowest BCUT2D eigenvalue weighted by Crippen LogP contribution is -2.26. The van der Waals surface area contributed by atoms with Crippen molar-refractivity contribution < 1.29 is 9.84 Å². The number of phenolic OH excluding ortho intramolecular Hbond substituents is 1. The molecule has 0 radical (unpaired) electrons. The summed E-state index contributed by atoms with van der Waals surface area (Å²) in [6, 6.07) is 6.02. The predicted octanol–water partition coefficient (Wildman–Crippen LogP) is 2.29. The molecule has 0 aliphatic carbocycles. The van der Waals surface area contributed by atoms with Gasteiger partial charge in [-0.3, -0.25) is 0 Å². The van der Waals surface area contributed by atoms with Gasteiger partial charge in [0.25, 0.3) is 0 Å². The summed E-state index contributed by atoms with van der Waals surface area (Å²) in [6.45, 7) is 4.77. The Kier molecular flexibility index (Phi) is 2.82. The Morgan fingerprint density at radius 2 is 2.27 bits per heavy atom. The average molecular weight is 207 g/mol. The molecular formula is C12H17NO2. The number of hydrogen-bond acceptors (Lipinski definition) is 3. The van der Waals surface area contributed by atoms with Gasteiger partial charge >= 0.3 is 0 Å². The minimum Gasteiger partial charge on any atom is -0.508 e. The second-order valence-corrected chi connectivity index (χ2v) is 4.12. The standard InChI is InChI=1S/C12H17NO2/c1-8-3-4-10(7-12(8)14)13-11-5-6-15-9(11)2/h3-4,7,9,11,13-14H,5-6H2,1-2H3. The van der Waals surface area contributed by atoms with Crippen LogP contribution in [0.2, 0.25) is 0 Å². The molecule has 1 aliphatic heterocycles. The summed E-state index contributed by atoms with van der Waals surface area (Å²) in [5.74, 6) is 0.339. The van der Waals surface area contributed by atoms with Crippen LogP contribution in [0.15, 0.2) is 18.2 Å². The zero-order valence-electron chi connectivity index (χ0n) is 9.16. The molecule has 1 saturated heterocycles. The Morgan fingerprint density at radius 3 is 2.87 bits per heavy atom. The van der Waals surface area contributed by atoms with Crippen molar-refractivity contribution in [1.82, 2.24) is 0 Å². The Balaban J connectivity index is 2.07. The van der Waals surface area contributed by atoms with Crippen molar-refractivity contribution in [2.45, 2.75) is 32.4 Å². The Morgan fingerprint density at radius 1 is 1.47 bits per heavy atom. The summed E-state index contributed by atoms with van der Waals surface area (Å²) in [5.41, 5.74) is 1.86. The SMILES string of the molecule is Cc1ccc(NC2CCOC2C)cc1O. The van der Waals surface area contributed by atoms with E-state index in [0.717, 1.165) is 24.3 Å². The summed E-state index contributed by atoms with van der Waals surface area (Å²) in [6.07, 6.45) is 1.27. The van der Waals surface area contributed by atoms with Gasteiger partial charge in [0.1, 0.15) is 5.75 Å². The van der Waals surface area contributed by atoms with Gasteiger partial charge in [-0.15, -0.1) is 0 Å². The first-order chi connectivity index (χ1) is 7.16. The fourth-order valence-corrected chi connectivity index (χ4v) is 1.83. The van der Waals surface area contributed by atoms with E-state index in [0.29, 0.717) is 11.8 Å². The molecule has 3 nitrogen and oxygen atoms in total. The third-order valence-electron chi connectivity index (χ3n) is 2.94. The topological polar surface area (TPSA) is 41.5 Å². The van der Waals surface area contributed by atoms with Crippen LogP contribution in [-0.4, -0.2) is 23.9 Å². The van der Waals surface area contributed by atoms with Gasteiger partial charge in [0.2, 0.25) is 0 Å². The Bertz CT molecular complexity index is 351. The fourth-order valence-electron chi connectivity index (χ4n) is 1.83. The van der Waals surface area contributed by atoms with Gasteiger partial charge in [-0.05, 0) is 31.9 Å². The van der Waals surface area contributed by atoms with Crippen LogP contribution < -0.4 is 5.32 Å². The lowest BCUT2D eigenvalue weighted by molar-refractivity contribution is 0.121. The number of ether oxygens (including phenoxy) is 1. The molecule has 0 spiro atoms.